The minimum absolute atomic E-state index is 0.0587. The number of carbonyl (C=O) groups excluding carboxylic acids is 1. The molecule has 1 aliphatic heterocycles. The van der Waals surface area contributed by atoms with E-state index in [1.807, 2.05) is 12.1 Å². The summed E-state index contributed by atoms with van der Waals surface area (Å²) in [7, 11) is -3.74. The van der Waals surface area contributed by atoms with Crippen LogP contribution in [0.2, 0.25) is 0 Å². The average molecular weight is 415 g/mol. The SMILES string of the molecule is O=C(NCC1CCCc2ccccc21)c1ccccc1S(=O)(=O)N1CCOCC1. The third-order valence-electron chi connectivity index (χ3n) is 5.72. The zero-order valence-corrected chi connectivity index (χ0v) is 17.2. The van der Waals surface area contributed by atoms with Gasteiger partial charge in [0.1, 0.15) is 0 Å². The zero-order valence-electron chi connectivity index (χ0n) is 16.3. The van der Waals surface area contributed by atoms with Crippen LogP contribution in [0, 0.1) is 0 Å². The van der Waals surface area contributed by atoms with E-state index in [1.54, 1.807) is 18.2 Å². The van der Waals surface area contributed by atoms with E-state index in [9.17, 15) is 13.2 Å². The van der Waals surface area contributed by atoms with Crippen LogP contribution in [-0.2, 0) is 21.2 Å². The second kappa shape index (κ2) is 8.65. The Bertz CT molecular complexity index is 984. The number of rotatable bonds is 5. The molecule has 1 aliphatic carbocycles. The molecule has 0 spiro atoms. The van der Waals surface area contributed by atoms with Crippen LogP contribution in [0.4, 0.5) is 0 Å². The molecule has 1 fully saturated rings. The number of nitrogens with zero attached hydrogens (tertiary/aromatic N) is 1. The minimum atomic E-state index is -3.74. The number of carbonyl (C=O) groups is 1. The molecule has 1 amide bonds. The van der Waals surface area contributed by atoms with Crippen LogP contribution in [-0.4, -0.2) is 51.5 Å². The number of fused-ring (bicyclic) bond motifs is 1. The maximum atomic E-state index is 13.1. The van der Waals surface area contributed by atoms with Crippen LogP contribution in [0.5, 0.6) is 0 Å². The monoisotopic (exact) mass is 414 g/mol. The van der Waals surface area contributed by atoms with Crippen molar-refractivity contribution < 1.29 is 17.9 Å². The summed E-state index contributed by atoms with van der Waals surface area (Å²) in [5, 5.41) is 2.98. The highest BCUT2D eigenvalue weighted by Gasteiger charge is 2.30. The molecule has 1 atom stereocenters. The van der Waals surface area contributed by atoms with Gasteiger partial charge in [-0.05, 0) is 42.5 Å². The van der Waals surface area contributed by atoms with Gasteiger partial charge in [0.25, 0.3) is 5.91 Å². The van der Waals surface area contributed by atoms with E-state index < -0.39 is 10.0 Å². The summed E-state index contributed by atoms with van der Waals surface area (Å²) >= 11 is 0. The Labute approximate surface area is 171 Å². The van der Waals surface area contributed by atoms with Crippen molar-refractivity contribution in [1.29, 1.82) is 0 Å². The molecular weight excluding hydrogens is 388 g/mol. The van der Waals surface area contributed by atoms with Gasteiger partial charge in [-0.1, -0.05) is 36.4 Å². The molecule has 0 bridgehead atoms. The van der Waals surface area contributed by atoms with Gasteiger partial charge in [0.15, 0.2) is 0 Å². The topological polar surface area (TPSA) is 75.7 Å². The number of benzene rings is 2. The summed E-state index contributed by atoms with van der Waals surface area (Å²) in [6.45, 7) is 1.85. The maximum absolute atomic E-state index is 13.1. The van der Waals surface area contributed by atoms with Crippen LogP contribution in [0.15, 0.2) is 53.4 Å². The van der Waals surface area contributed by atoms with Gasteiger partial charge in [0.2, 0.25) is 10.0 Å². The Balaban J connectivity index is 1.52. The van der Waals surface area contributed by atoms with Gasteiger partial charge in [-0.3, -0.25) is 4.79 Å². The van der Waals surface area contributed by atoms with Crippen LogP contribution in [0.3, 0.4) is 0 Å². The van der Waals surface area contributed by atoms with Gasteiger partial charge in [0, 0.05) is 25.6 Å². The van der Waals surface area contributed by atoms with Crippen LogP contribution >= 0.6 is 0 Å². The zero-order chi connectivity index (χ0) is 20.3. The lowest BCUT2D eigenvalue weighted by Crippen LogP contribution is -2.41. The average Bonchev–Trinajstić information content (AvgIpc) is 2.78. The molecule has 0 aromatic heterocycles. The van der Waals surface area contributed by atoms with Crippen molar-refractivity contribution in [2.75, 3.05) is 32.8 Å². The number of amides is 1. The lowest BCUT2D eigenvalue weighted by molar-refractivity contribution is 0.0730. The van der Waals surface area contributed by atoms with Crippen molar-refractivity contribution >= 4 is 15.9 Å². The molecule has 1 heterocycles. The fraction of sp³-hybridized carbons (Fsp3) is 0.409. The number of morpholine rings is 1. The third-order valence-corrected chi connectivity index (χ3v) is 7.68. The molecule has 6 nitrogen and oxygen atoms in total. The Morgan fingerprint density at radius 2 is 1.79 bits per heavy atom. The number of nitrogens with one attached hydrogen (secondary N) is 1. The molecule has 0 saturated carbocycles. The number of aryl methyl sites for hydroxylation is 1. The van der Waals surface area contributed by atoms with Crippen molar-refractivity contribution in [3.8, 4) is 0 Å². The van der Waals surface area contributed by atoms with E-state index in [0.29, 0.717) is 32.8 Å². The first-order valence-corrected chi connectivity index (χ1v) is 11.5. The standard InChI is InChI=1S/C22H26N2O4S/c25-22(23-16-18-8-5-7-17-6-1-2-9-19(17)18)20-10-3-4-11-21(20)29(26,27)24-12-14-28-15-13-24/h1-4,6,9-11,18H,5,7-8,12-16H2,(H,23,25). The van der Waals surface area contributed by atoms with E-state index in [0.717, 1.165) is 19.3 Å². The second-order valence-electron chi connectivity index (χ2n) is 7.51. The number of hydrogen-bond acceptors (Lipinski definition) is 4. The fourth-order valence-electron chi connectivity index (χ4n) is 4.18. The van der Waals surface area contributed by atoms with Crippen LogP contribution in [0.1, 0.15) is 40.2 Å². The van der Waals surface area contributed by atoms with Gasteiger partial charge in [0.05, 0.1) is 23.7 Å². The largest absolute Gasteiger partial charge is 0.379 e. The molecule has 1 saturated heterocycles. The normalized spacial score (nSPS) is 20.1. The quantitative estimate of drug-likeness (QED) is 0.816. The third kappa shape index (κ3) is 4.22. The van der Waals surface area contributed by atoms with Crippen LogP contribution in [0.25, 0.3) is 0 Å². The van der Waals surface area contributed by atoms with E-state index in [1.165, 1.54) is 21.5 Å². The Morgan fingerprint density at radius 1 is 1.07 bits per heavy atom. The summed E-state index contributed by atoms with van der Waals surface area (Å²) in [5.41, 5.74) is 2.82. The highest BCUT2D eigenvalue weighted by atomic mass is 32.2. The molecule has 1 N–H and O–H groups in total. The molecule has 1 unspecified atom stereocenters. The summed E-state index contributed by atoms with van der Waals surface area (Å²) < 4.78 is 32.8. The fourth-order valence-corrected chi connectivity index (χ4v) is 5.78. The number of sulfonamides is 1. The summed E-state index contributed by atoms with van der Waals surface area (Å²) in [4.78, 5) is 13.0. The lowest BCUT2D eigenvalue weighted by atomic mass is 9.83. The lowest BCUT2D eigenvalue weighted by Gasteiger charge is -2.27. The molecule has 2 aromatic rings. The minimum Gasteiger partial charge on any atom is -0.379 e. The van der Waals surface area contributed by atoms with E-state index in [4.69, 9.17) is 4.74 Å². The summed E-state index contributed by atoms with van der Waals surface area (Å²) in [6, 6.07) is 14.8. The molecule has 4 rings (SSSR count). The predicted molar refractivity (Wildman–Crippen MR) is 110 cm³/mol. The van der Waals surface area contributed by atoms with Crippen molar-refractivity contribution in [2.45, 2.75) is 30.1 Å². The van der Waals surface area contributed by atoms with Gasteiger partial charge in [-0.15, -0.1) is 0 Å². The van der Waals surface area contributed by atoms with E-state index >= 15 is 0 Å². The van der Waals surface area contributed by atoms with Crippen LogP contribution < -0.4 is 5.32 Å². The first-order chi connectivity index (χ1) is 14.1. The Hall–Kier alpha value is -2.22. The Morgan fingerprint density at radius 3 is 2.62 bits per heavy atom. The first-order valence-electron chi connectivity index (χ1n) is 10.1. The molecule has 29 heavy (non-hydrogen) atoms. The van der Waals surface area contributed by atoms with Crippen molar-refractivity contribution in [3.05, 3.63) is 65.2 Å². The molecule has 0 radical (unpaired) electrons. The number of hydrogen-bond donors (Lipinski definition) is 1. The molecule has 7 heteroatoms. The second-order valence-corrected chi connectivity index (χ2v) is 9.42. The molecule has 154 valence electrons. The van der Waals surface area contributed by atoms with Gasteiger partial charge >= 0.3 is 0 Å². The number of ether oxygens (including phenoxy) is 1. The highest BCUT2D eigenvalue weighted by molar-refractivity contribution is 7.89. The van der Waals surface area contributed by atoms with Crippen molar-refractivity contribution in [2.24, 2.45) is 0 Å². The molecule has 2 aromatic carbocycles. The predicted octanol–water partition coefficient (Wildman–Crippen LogP) is 2.56. The molecule has 2 aliphatic rings. The van der Waals surface area contributed by atoms with Gasteiger partial charge in [-0.2, -0.15) is 4.31 Å². The van der Waals surface area contributed by atoms with Gasteiger partial charge in [-0.25, -0.2) is 8.42 Å². The van der Waals surface area contributed by atoms with E-state index in [-0.39, 0.29) is 22.3 Å². The van der Waals surface area contributed by atoms with Crippen molar-refractivity contribution in [3.63, 3.8) is 0 Å². The highest BCUT2D eigenvalue weighted by Crippen LogP contribution is 2.31. The summed E-state index contributed by atoms with van der Waals surface area (Å²) in [5.74, 6) is -0.0904. The maximum Gasteiger partial charge on any atom is 0.252 e. The van der Waals surface area contributed by atoms with E-state index in [2.05, 4.69) is 17.4 Å². The first kappa shape index (κ1) is 20.1. The smallest absolute Gasteiger partial charge is 0.252 e. The molecular formula is C22H26N2O4S. The Kier molecular flexibility index (Phi) is 5.99. The summed E-state index contributed by atoms with van der Waals surface area (Å²) in [6.07, 6.45) is 3.19. The van der Waals surface area contributed by atoms with Crippen molar-refractivity contribution in [1.82, 2.24) is 9.62 Å². The van der Waals surface area contributed by atoms with Gasteiger partial charge < -0.3 is 10.1 Å².